The summed E-state index contributed by atoms with van der Waals surface area (Å²) in [6, 6.07) is 15.7. The standard InChI is InChI=1S/C43H52N10O4/c1-28-22-30(23-33-27-46-50-39(28)33)25-37(49-43(57)53-16-10-31(11-17-53)35-26-32-4-2-3-5-36(32)47-40(35)54)41(55)48-38(24-29-6-12-44-13-7-29)42(56)52-20-18-51(19-21-52)34-8-14-45-15-9-34/h2-5,8-9,14-15,22-23,26-27,29,31,37-38,44H,6-7,10-13,16-21,24-25H2,1H3,(H,46,50)(H,47,54)(H,48,55)(H,49,57)/t37-,38+/m1/s1. The van der Waals surface area contributed by atoms with Crippen molar-refractivity contribution in [3.8, 4) is 0 Å². The number of benzene rings is 2. The number of para-hydroxylation sites is 1. The van der Waals surface area contributed by atoms with Crippen molar-refractivity contribution in [2.45, 2.75) is 63.5 Å². The van der Waals surface area contributed by atoms with Crippen molar-refractivity contribution in [1.82, 2.24) is 45.9 Å². The lowest BCUT2D eigenvalue weighted by Crippen LogP contribution is -2.59. The van der Waals surface area contributed by atoms with Gasteiger partial charge in [-0.3, -0.25) is 24.5 Å². The topological polar surface area (TPSA) is 171 Å². The van der Waals surface area contributed by atoms with E-state index in [4.69, 9.17) is 0 Å². The molecule has 14 nitrogen and oxygen atoms in total. The van der Waals surface area contributed by atoms with Crippen molar-refractivity contribution < 1.29 is 14.4 Å². The van der Waals surface area contributed by atoms with Crippen LogP contribution in [0.4, 0.5) is 10.5 Å². The maximum Gasteiger partial charge on any atom is 0.318 e. The van der Waals surface area contributed by atoms with Crippen molar-refractivity contribution in [3.05, 3.63) is 100 Å². The minimum atomic E-state index is -0.936. The number of nitrogens with one attached hydrogen (secondary N) is 5. The molecule has 298 valence electrons. The number of aryl methyl sites for hydroxylation is 1. The van der Waals surface area contributed by atoms with Crippen LogP contribution in [0.5, 0.6) is 0 Å². The van der Waals surface area contributed by atoms with Gasteiger partial charge in [-0.2, -0.15) is 5.10 Å². The van der Waals surface area contributed by atoms with Crippen molar-refractivity contribution >= 4 is 45.3 Å². The highest BCUT2D eigenvalue weighted by molar-refractivity contribution is 5.92. The van der Waals surface area contributed by atoms with Gasteiger partial charge in [0.05, 0.1) is 11.7 Å². The molecule has 3 aliphatic rings. The number of pyridine rings is 2. The Hall–Kier alpha value is -5.76. The number of aromatic nitrogens is 4. The van der Waals surface area contributed by atoms with Crippen LogP contribution in [0.1, 0.15) is 54.7 Å². The number of nitrogens with zero attached hydrogens (tertiary/aromatic N) is 5. The van der Waals surface area contributed by atoms with E-state index >= 15 is 0 Å². The van der Waals surface area contributed by atoms with Crippen LogP contribution in [0.3, 0.4) is 0 Å². The Morgan fingerprint density at radius 2 is 1.60 bits per heavy atom. The summed E-state index contributed by atoms with van der Waals surface area (Å²) in [5.41, 5.74) is 5.31. The van der Waals surface area contributed by atoms with E-state index in [9.17, 15) is 19.2 Å². The summed E-state index contributed by atoms with van der Waals surface area (Å²) in [5.74, 6) is -0.162. The number of amides is 4. The third-order valence-electron chi connectivity index (χ3n) is 12.1. The van der Waals surface area contributed by atoms with Crippen LogP contribution in [0.25, 0.3) is 21.8 Å². The lowest BCUT2D eigenvalue weighted by Gasteiger charge is -2.38. The highest BCUT2D eigenvalue weighted by atomic mass is 16.2. The molecule has 0 unspecified atom stereocenters. The normalized spacial score (nSPS) is 18.1. The molecule has 3 fully saturated rings. The molecule has 57 heavy (non-hydrogen) atoms. The molecule has 5 N–H and O–H groups in total. The van der Waals surface area contributed by atoms with Gasteiger partial charge in [0.1, 0.15) is 12.1 Å². The molecule has 6 heterocycles. The number of urea groups is 1. The fourth-order valence-electron chi connectivity index (χ4n) is 8.88. The van der Waals surface area contributed by atoms with E-state index in [0.29, 0.717) is 58.5 Å². The highest BCUT2D eigenvalue weighted by Crippen LogP contribution is 2.28. The number of likely N-dealkylation sites (tertiary alicyclic amines) is 1. The molecule has 0 saturated carbocycles. The van der Waals surface area contributed by atoms with Crippen LogP contribution in [0.15, 0.2) is 78.0 Å². The maximum absolute atomic E-state index is 14.5. The summed E-state index contributed by atoms with van der Waals surface area (Å²) in [7, 11) is 0. The van der Waals surface area contributed by atoms with Crippen LogP contribution in [0, 0.1) is 12.8 Å². The second kappa shape index (κ2) is 17.2. The largest absolute Gasteiger partial charge is 0.368 e. The lowest BCUT2D eigenvalue weighted by molar-refractivity contribution is -0.137. The molecule has 8 rings (SSSR count). The summed E-state index contributed by atoms with van der Waals surface area (Å²) in [6.45, 7) is 7.10. The van der Waals surface area contributed by atoms with Crippen molar-refractivity contribution in [2.24, 2.45) is 5.92 Å². The number of hydrogen-bond donors (Lipinski definition) is 5. The molecular formula is C43H52N10O4. The number of piperazine rings is 1. The van der Waals surface area contributed by atoms with Gasteiger partial charge >= 0.3 is 6.03 Å². The molecular weight excluding hydrogens is 721 g/mol. The number of aromatic amines is 2. The predicted octanol–water partition coefficient (Wildman–Crippen LogP) is 3.83. The number of H-pyrrole nitrogens is 2. The Balaban J connectivity index is 0.985. The summed E-state index contributed by atoms with van der Waals surface area (Å²) in [5, 5.41) is 18.8. The van der Waals surface area contributed by atoms with Gasteiger partial charge in [0.15, 0.2) is 0 Å². The van der Waals surface area contributed by atoms with E-state index in [1.165, 1.54) is 0 Å². The molecule has 5 aromatic rings. The Kier molecular flexibility index (Phi) is 11.5. The SMILES string of the molecule is Cc1cc(C[C@@H](NC(=O)N2CCC(c3cc4ccccc4[nH]c3=O)CC2)C(=O)N[C@@H](CC2CCNCC2)C(=O)N2CCN(c3ccncc3)CC2)cc2cn[nH]c12. The van der Waals surface area contributed by atoms with Crippen molar-refractivity contribution in [3.63, 3.8) is 0 Å². The Labute approximate surface area is 331 Å². The number of rotatable bonds is 10. The molecule has 3 aliphatic heterocycles. The number of carbonyl (C=O) groups is 3. The van der Waals surface area contributed by atoms with Gasteiger partial charge in [-0.25, -0.2) is 4.79 Å². The summed E-state index contributed by atoms with van der Waals surface area (Å²) >= 11 is 0. The second-order valence-electron chi connectivity index (χ2n) is 15.9. The van der Waals surface area contributed by atoms with Crippen LogP contribution in [-0.2, 0) is 16.0 Å². The first-order valence-electron chi connectivity index (χ1n) is 20.3. The third-order valence-corrected chi connectivity index (χ3v) is 12.1. The minimum absolute atomic E-state index is 0.0134. The predicted molar refractivity (Wildman–Crippen MR) is 220 cm³/mol. The first kappa shape index (κ1) is 38.1. The van der Waals surface area contributed by atoms with E-state index in [1.807, 2.05) is 66.4 Å². The number of anilines is 1. The molecule has 2 aromatic carbocycles. The van der Waals surface area contributed by atoms with Crippen molar-refractivity contribution in [2.75, 3.05) is 57.3 Å². The third kappa shape index (κ3) is 8.80. The van der Waals surface area contributed by atoms with Gasteiger partial charge in [0.2, 0.25) is 11.8 Å². The molecule has 0 spiro atoms. The summed E-state index contributed by atoms with van der Waals surface area (Å²) in [6.07, 6.45) is 9.20. The Morgan fingerprint density at radius 3 is 2.37 bits per heavy atom. The van der Waals surface area contributed by atoms with Crippen LogP contribution in [-0.4, -0.2) is 112 Å². The monoisotopic (exact) mass is 772 g/mol. The molecule has 0 bridgehead atoms. The number of hydrogen-bond acceptors (Lipinski definition) is 8. The quantitative estimate of drug-likeness (QED) is 0.143. The molecule has 3 saturated heterocycles. The number of piperidine rings is 2. The molecule has 0 aliphatic carbocycles. The zero-order valence-electron chi connectivity index (χ0n) is 32.5. The molecule has 14 heteroatoms. The van der Waals surface area contributed by atoms with Crippen LogP contribution in [0.2, 0.25) is 0 Å². The van der Waals surface area contributed by atoms with Gasteiger partial charge in [0, 0.05) is 80.2 Å². The van der Waals surface area contributed by atoms with Crippen molar-refractivity contribution in [1.29, 1.82) is 0 Å². The summed E-state index contributed by atoms with van der Waals surface area (Å²) < 4.78 is 0. The fraction of sp³-hybridized carbons (Fsp3) is 0.442. The average molecular weight is 773 g/mol. The second-order valence-corrected chi connectivity index (χ2v) is 15.9. The minimum Gasteiger partial charge on any atom is -0.368 e. The number of fused-ring (bicyclic) bond motifs is 2. The smallest absolute Gasteiger partial charge is 0.318 e. The number of carbonyl (C=O) groups excluding carboxylic acids is 3. The van der Waals surface area contributed by atoms with E-state index < -0.39 is 12.1 Å². The first-order valence-corrected chi connectivity index (χ1v) is 20.3. The van der Waals surface area contributed by atoms with E-state index in [-0.39, 0.29) is 41.7 Å². The van der Waals surface area contributed by atoms with Gasteiger partial charge in [0.25, 0.3) is 5.56 Å². The average Bonchev–Trinajstić information content (AvgIpc) is 3.73. The summed E-state index contributed by atoms with van der Waals surface area (Å²) in [4.78, 5) is 68.9. The lowest BCUT2D eigenvalue weighted by atomic mass is 9.89. The van der Waals surface area contributed by atoms with Gasteiger partial charge in [-0.05, 0) is 111 Å². The molecule has 4 amide bonds. The van der Waals surface area contributed by atoms with Gasteiger partial charge in [-0.15, -0.1) is 0 Å². The van der Waals surface area contributed by atoms with Crippen LogP contribution >= 0.6 is 0 Å². The molecule has 0 radical (unpaired) electrons. The van der Waals surface area contributed by atoms with Gasteiger partial charge < -0.3 is 35.6 Å². The first-order chi connectivity index (χ1) is 27.8. The zero-order valence-corrected chi connectivity index (χ0v) is 32.5. The van der Waals surface area contributed by atoms with E-state index in [1.54, 1.807) is 23.5 Å². The van der Waals surface area contributed by atoms with E-state index in [2.05, 4.69) is 41.0 Å². The maximum atomic E-state index is 14.5. The Morgan fingerprint density at radius 1 is 0.842 bits per heavy atom. The van der Waals surface area contributed by atoms with Gasteiger partial charge in [-0.1, -0.05) is 24.3 Å². The Bertz CT molecular complexity index is 2250. The molecule has 2 atom stereocenters. The fourth-order valence-corrected chi connectivity index (χ4v) is 8.88. The zero-order chi connectivity index (χ0) is 39.3. The molecule has 3 aromatic heterocycles. The van der Waals surface area contributed by atoms with E-state index in [0.717, 1.165) is 70.1 Å². The van der Waals surface area contributed by atoms with Crippen LogP contribution < -0.4 is 26.4 Å². The highest BCUT2D eigenvalue weighted by Gasteiger charge is 2.35.